The van der Waals surface area contributed by atoms with E-state index < -0.39 is 0 Å². The van der Waals surface area contributed by atoms with Gasteiger partial charge in [0.25, 0.3) is 0 Å². The fourth-order valence-corrected chi connectivity index (χ4v) is 1.89. The normalized spacial score (nSPS) is 11.9. The molecule has 0 bridgehead atoms. The summed E-state index contributed by atoms with van der Waals surface area (Å²) in [6.45, 7) is 2.01. The lowest BCUT2D eigenvalue weighted by Crippen LogP contribution is -2.07. The number of nitrogens with one attached hydrogen (secondary N) is 1. The van der Waals surface area contributed by atoms with Crippen molar-refractivity contribution in [2.75, 3.05) is 18.2 Å². The van der Waals surface area contributed by atoms with Crippen LogP contribution in [0.5, 0.6) is 5.75 Å². The molecule has 0 aliphatic heterocycles. The maximum atomic E-state index is 12.9. The number of hydrogen-bond acceptors (Lipinski definition) is 3. The highest BCUT2D eigenvalue weighted by atomic mass is 19.1. The number of nitrogens with two attached hydrogens (primary N) is 1. The SMILES string of the molecule is COc1cc(NC(C)c2ccc(F)cc2)ccc1N. The summed E-state index contributed by atoms with van der Waals surface area (Å²) in [7, 11) is 1.58. The molecule has 0 radical (unpaired) electrons. The average molecular weight is 260 g/mol. The predicted molar refractivity (Wildman–Crippen MR) is 75.8 cm³/mol. The first-order valence-corrected chi connectivity index (χ1v) is 6.05. The van der Waals surface area contributed by atoms with E-state index in [0.29, 0.717) is 11.4 Å². The summed E-state index contributed by atoms with van der Waals surface area (Å²) < 4.78 is 18.0. The van der Waals surface area contributed by atoms with Crippen molar-refractivity contribution < 1.29 is 9.13 Å². The molecule has 0 saturated carbocycles. The van der Waals surface area contributed by atoms with Crippen LogP contribution in [0, 0.1) is 5.82 Å². The van der Waals surface area contributed by atoms with E-state index in [2.05, 4.69) is 5.32 Å². The minimum Gasteiger partial charge on any atom is -0.495 e. The van der Waals surface area contributed by atoms with E-state index in [1.165, 1.54) is 12.1 Å². The third-order valence-electron chi connectivity index (χ3n) is 2.99. The molecule has 3 N–H and O–H groups in total. The van der Waals surface area contributed by atoms with E-state index in [1.54, 1.807) is 25.3 Å². The smallest absolute Gasteiger partial charge is 0.143 e. The molecule has 2 aromatic rings. The molecule has 0 fully saturated rings. The van der Waals surface area contributed by atoms with Crippen molar-refractivity contribution in [1.82, 2.24) is 0 Å². The van der Waals surface area contributed by atoms with Crippen molar-refractivity contribution in [2.24, 2.45) is 0 Å². The van der Waals surface area contributed by atoms with E-state index in [1.807, 2.05) is 19.1 Å². The lowest BCUT2D eigenvalue weighted by Gasteiger charge is -2.17. The summed E-state index contributed by atoms with van der Waals surface area (Å²) in [6, 6.07) is 12.0. The first-order valence-electron chi connectivity index (χ1n) is 6.05. The van der Waals surface area contributed by atoms with Gasteiger partial charge in [-0.15, -0.1) is 0 Å². The summed E-state index contributed by atoms with van der Waals surface area (Å²) in [5.74, 6) is 0.404. The highest BCUT2D eigenvalue weighted by molar-refractivity contribution is 5.61. The highest BCUT2D eigenvalue weighted by Crippen LogP contribution is 2.27. The maximum Gasteiger partial charge on any atom is 0.143 e. The molecule has 0 aliphatic carbocycles. The third kappa shape index (κ3) is 3.16. The Labute approximate surface area is 112 Å². The molecule has 4 heteroatoms. The van der Waals surface area contributed by atoms with Crippen LogP contribution in [-0.2, 0) is 0 Å². The van der Waals surface area contributed by atoms with Crippen molar-refractivity contribution in [3.8, 4) is 5.75 Å². The van der Waals surface area contributed by atoms with Gasteiger partial charge in [-0.1, -0.05) is 12.1 Å². The monoisotopic (exact) mass is 260 g/mol. The van der Waals surface area contributed by atoms with Crippen molar-refractivity contribution in [3.05, 3.63) is 53.8 Å². The van der Waals surface area contributed by atoms with Crippen LogP contribution in [0.15, 0.2) is 42.5 Å². The van der Waals surface area contributed by atoms with Gasteiger partial charge in [-0.3, -0.25) is 0 Å². The number of nitrogen functional groups attached to an aromatic ring is 1. The third-order valence-corrected chi connectivity index (χ3v) is 2.99. The largest absolute Gasteiger partial charge is 0.495 e. The number of halogens is 1. The van der Waals surface area contributed by atoms with E-state index in [9.17, 15) is 4.39 Å². The highest BCUT2D eigenvalue weighted by Gasteiger charge is 2.07. The molecule has 0 heterocycles. The number of anilines is 2. The van der Waals surface area contributed by atoms with Gasteiger partial charge in [0, 0.05) is 17.8 Å². The van der Waals surface area contributed by atoms with Crippen LogP contribution in [0.4, 0.5) is 15.8 Å². The van der Waals surface area contributed by atoms with Gasteiger partial charge in [-0.2, -0.15) is 0 Å². The number of hydrogen-bond donors (Lipinski definition) is 2. The summed E-state index contributed by atoms with van der Waals surface area (Å²) >= 11 is 0. The molecule has 2 aromatic carbocycles. The molecular weight excluding hydrogens is 243 g/mol. The van der Waals surface area contributed by atoms with Crippen LogP contribution in [0.2, 0.25) is 0 Å². The van der Waals surface area contributed by atoms with Crippen LogP contribution >= 0.6 is 0 Å². The molecule has 1 unspecified atom stereocenters. The molecule has 1 atom stereocenters. The number of rotatable bonds is 4. The molecule has 100 valence electrons. The predicted octanol–water partition coefficient (Wildman–Crippen LogP) is 3.59. The number of benzene rings is 2. The van der Waals surface area contributed by atoms with Gasteiger partial charge in [0.1, 0.15) is 11.6 Å². The zero-order valence-corrected chi connectivity index (χ0v) is 11.0. The second-order valence-corrected chi connectivity index (χ2v) is 4.37. The topological polar surface area (TPSA) is 47.3 Å². The van der Waals surface area contributed by atoms with Crippen LogP contribution < -0.4 is 15.8 Å². The Kier molecular flexibility index (Phi) is 3.90. The van der Waals surface area contributed by atoms with Gasteiger partial charge in [-0.05, 0) is 36.8 Å². The van der Waals surface area contributed by atoms with E-state index >= 15 is 0 Å². The minimum absolute atomic E-state index is 0.0638. The average Bonchev–Trinajstić information content (AvgIpc) is 2.41. The summed E-state index contributed by atoms with van der Waals surface area (Å²) in [5.41, 5.74) is 8.28. The van der Waals surface area contributed by atoms with E-state index in [0.717, 1.165) is 11.3 Å². The maximum absolute atomic E-state index is 12.9. The zero-order valence-electron chi connectivity index (χ0n) is 11.0. The van der Waals surface area contributed by atoms with Crippen LogP contribution in [-0.4, -0.2) is 7.11 Å². The van der Waals surface area contributed by atoms with Crippen molar-refractivity contribution >= 4 is 11.4 Å². The standard InChI is InChI=1S/C15H17FN2O/c1-10(11-3-5-12(16)6-4-11)18-13-7-8-14(17)15(9-13)19-2/h3-10,18H,17H2,1-2H3. The fourth-order valence-electron chi connectivity index (χ4n) is 1.89. The second-order valence-electron chi connectivity index (χ2n) is 4.37. The zero-order chi connectivity index (χ0) is 13.8. The Hall–Kier alpha value is -2.23. The van der Waals surface area contributed by atoms with E-state index in [-0.39, 0.29) is 11.9 Å². The van der Waals surface area contributed by atoms with Crippen molar-refractivity contribution in [2.45, 2.75) is 13.0 Å². The fraction of sp³-hybridized carbons (Fsp3) is 0.200. The molecule has 2 rings (SSSR count). The minimum atomic E-state index is -0.231. The molecular formula is C15H17FN2O. The van der Waals surface area contributed by atoms with Crippen molar-refractivity contribution in [3.63, 3.8) is 0 Å². The van der Waals surface area contributed by atoms with Crippen LogP contribution in [0.25, 0.3) is 0 Å². The van der Waals surface area contributed by atoms with Gasteiger partial charge >= 0.3 is 0 Å². The molecule has 0 amide bonds. The molecule has 0 spiro atoms. The van der Waals surface area contributed by atoms with Gasteiger partial charge in [0.05, 0.1) is 12.8 Å². The Morgan fingerprint density at radius 3 is 2.47 bits per heavy atom. The molecule has 0 saturated heterocycles. The summed E-state index contributed by atoms with van der Waals surface area (Å²) in [4.78, 5) is 0. The van der Waals surface area contributed by atoms with Gasteiger partial charge in [-0.25, -0.2) is 4.39 Å². The van der Waals surface area contributed by atoms with Crippen LogP contribution in [0.3, 0.4) is 0 Å². The molecule has 19 heavy (non-hydrogen) atoms. The Balaban J connectivity index is 2.14. The quantitative estimate of drug-likeness (QED) is 0.826. The van der Waals surface area contributed by atoms with Gasteiger partial charge in [0.2, 0.25) is 0 Å². The lowest BCUT2D eigenvalue weighted by atomic mass is 10.1. The van der Waals surface area contributed by atoms with Crippen LogP contribution in [0.1, 0.15) is 18.5 Å². The Morgan fingerprint density at radius 2 is 1.84 bits per heavy atom. The Morgan fingerprint density at radius 1 is 1.16 bits per heavy atom. The lowest BCUT2D eigenvalue weighted by molar-refractivity contribution is 0.417. The van der Waals surface area contributed by atoms with Gasteiger partial charge < -0.3 is 15.8 Å². The first-order chi connectivity index (χ1) is 9.10. The molecule has 0 aliphatic rings. The van der Waals surface area contributed by atoms with Crippen molar-refractivity contribution in [1.29, 1.82) is 0 Å². The van der Waals surface area contributed by atoms with E-state index in [4.69, 9.17) is 10.5 Å². The Bertz CT molecular complexity index is 555. The summed E-state index contributed by atoms with van der Waals surface area (Å²) in [5, 5.41) is 3.32. The first kappa shape index (κ1) is 13.2. The molecule has 3 nitrogen and oxygen atoms in total. The number of ether oxygens (including phenoxy) is 1. The summed E-state index contributed by atoms with van der Waals surface area (Å²) in [6.07, 6.45) is 0. The van der Waals surface area contributed by atoms with Gasteiger partial charge in [0.15, 0.2) is 0 Å². The second kappa shape index (κ2) is 5.61. The number of methoxy groups -OCH3 is 1. The molecule has 0 aromatic heterocycles.